The number of nitrogens with one attached hydrogen (secondary N) is 1. The third kappa shape index (κ3) is 3.36. The van der Waals surface area contributed by atoms with Gasteiger partial charge in [-0.2, -0.15) is 0 Å². The lowest BCUT2D eigenvalue weighted by Crippen LogP contribution is -2.40. The van der Waals surface area contributed by atoms with Gasteiger partial charge in [-0.25, -0.2) is 0 Å². The maximum atomic E-state index is 11.5. The van der Waals surface area contributed by atoms with Crippen LogP contribution < -0.4 is 5.32 Å². The molecule has 72 valence electrons. The zero-order valence-corrected chi connectivity index (χ0v) is 9.42. The van der Waals surface area contributed by atoms with Gasteiger partial charge in [-0.05, 0) is 32.9 Å². The van der Waals surface area contributed by atoms with Crippen LogP contribution in [-0.4, -0.2) is 11.4 Å². The Kier molecular flexibility index (Phi) is 2.98. The minimum Gasteiger partial charge on any atom is -0.347 e. The first-order valence-electron chi connectivity index (χ1n) is 3.96. The number of halogens is 1. The molecule has 0 aliphatic carbocycles. The fourth-order valence-corrected chi connectivity index (χ4v) is 1.78. The summed E-state index contributed by atoms with van der Waals surface area (Å²) in [5, 5.41) is 2.86. The van der Waals surface area contributed by atoms with Gasteiger partial charge in [0.15, 0.2) is 0 Å². The van der Waals surface area contributed by atoms with E-state index in [1.165, 1.54) is 11.3 Å². The Balaban J connectivity index is 2.70. The molecule has 1 aromatic heterocycles. The molecule has 0 bridgehead atoms. The predicted octanol–water partition coefficient (Wildman–Crippen LogP) is 2.93. The van der Waals surface area contributed by atoms with Crippen molar-refractivity contribution in [3.05, 3.63) is 21.3 Å². The number of hydrogen-bond donors (Lipinski definition) is 1. The minimum absolute atomic E-state index is 0.0654. The van der Waals surface area contributed by atoms with Crippen LogP contribution in [0.2, 0.25) is 4.34 Å². The number of hydrogen-bond acceptors (Lipinski definition) is 2. The Morgan fingerprint density at radius 1 is 1.46 bits per heavy atom. The molecule has 2 nitrogen and oxygen atoms in total. The standard InChI is InChI=1S/C9H12ClNOS/c1-9(2,3)11-8(12)6-4-5-7(10)13-6/h4-5H,1-3H3,(H,11,12). The van der Waals surface area contributed by atoms with E-state index in [-0.39, 0.29) is 11.4 Å². The highest BCUT2D eigenvalue weighted by molar-refractivity contribution is 7.17. The van der Waals surface area contributed by atoms with Crippen molar-refractivity contribution in [2.75, 3.05) is 0 Å². The first kappa shape index (κ1) is 10.5. The largest absolute Gasteiger partial charge is 0.347 e. The average molecular weight is 218 g/mol. The summed E-state index contributed by atoms with van der Waals surface area (Å²) in [5.41, 5.74) is -0.201. The van der Waals surface area contributed by atoms with Gasteiger partial charge in [0.1, 0.15) is 0 Å². The van der Waals surface area contributed by atoms with Gasteiger partial charge in [0.25, 0.3) is 5.91 Å². The third-order valence-electron chi connectivity index (χ3n) is 1.29. The fourth-order valence-electron chi connectivity index (χ4n) is 0.839. The lowest BCUT2D eigenvalue weighted by molar-refractivity contribution is 0.0924. The molecule has 0 atom stereocenters. The van der Waals surface area contributed by atoms with Crippen LogP contribution in [-0.2, 0) is 0 Å². The molecule has 0 aromatic carbocycles. The van der Waals surface area contributed by atoms with Gasteiger partial charge in [-0.1, -0.05) is 11.6 Å². The molecule has 0 aliphatic rings. The Morgan fingerprint density at radius 2 is 2.08 bits per heavy atom. The van der Waals surface area contributed by atoms with Crippen LogP contribution in [0, 0.1) is 0 Å². The van der Waals surface area contributed by atoms with Crippen molar-refractivity contribution < 1.29 is 4.79 Å². The van der Waals surface area contributed by atoms with Crippen LogP contribution in [0.15, 0.2) is 12.1 Å². The van der Waals surface area contributed by atoms with Crippen molar-refractivity contribution in [2.24, 2.45) is 0 Å². The molecule has 0 aliphatic heterocycles. The number of rotatable bonds is 1. The highest BCUT2D eigenvalue weighted by Gasteiger charge is 2.16. The summed E-state index contributed by atoms with van der Waals surface area (Å²) in [7, 11) is 0. The zero-order valence-electron chi connectivity index (χ0n) is 7.85. The maximum Gasteiger partial charge on any atom is 0.261 e. The van der Waals surface area contributed by atoms with E-state index in [0.29, 0.717) is 9.21 Å². The smallest absolute Gasteiger partial charge is 0.261 e. The van der Waals surface area contributed by atoms with Gasteiger partial charge in [0.05, 0.1) is 9.21 Å². The second-order valence-corrected chi connectivity index (χ2v) is 5.52. The minimum atomic E-state index is -0.201. The summed E-state index contributed by atoms with van der Waals surface area (Å²) >= 11 is 7.00. The third-order valence-corrected chi connectivity index (χ3v) is 2.52. The van der Waals surface area contributed by atoms with E-state index in [1.807, 2.05) is 20.8 Å². The van der Waals surface area contributed by atoms with E-state index < -0.39 is 0 Å². The van der Waals surface area contributed by atoms with Crippen molar-refractivity contribution in [3.63, 3.8) is 0 Å². The topological polar surface area (TPSA) is 29.1 Å². The van der Waals surface area contributed by atoms with Gasteiger partial charge in [0, 0.05) is 5.54 Å². The first-order chi connectivity index (χ1) is 5.88. The molecule has 13 heavy (non-hydrogen) atoms. The zero-order chi connectivity index (χ0) is 10.1. The molecule has 1 N–H and O–H groups in total. The number of amides is 1. The molecule has 0 radical (unpaired) electrons. The average Bonchev–Trinajstić information content (AvgIpc) is 2.31. The summed E-state index contributed by atoms with van der Waals surface area (Å²) in [6.07, 6.45) is 0. The van der Waals surface area contributed by atoms with Gasteiger partial charge >= 0.3 is 0 Å². The normalized spacial score (nSPS) is 11.4. The van der Waals surface area contributed by atoms with Crippen LogP contribution in [0.5, 0.6) is 0 Å². The monoisotopic (exact) mass is 217 g/mol. The maximum absolute atomic E-state index is 11.5. The van der Waals surface area contributed by atoms with Crippen LogP contribution in [0.4, 0.5) is 0 Å². The van der Waals surface area contributed by atoms with Crippen molar-refractivity contribution in [3.8, 4) is 0 Å². The summed E-state index contributed by atoms with van der Waals surface area (Å²) in [4.78, 5) is 12.2. The van der Waals surface area contributed by atoms with Gasteiger partial charge in [-0.3, -0.25) is 4.79 Å². The van der Waals surface area contributed by atoms with Gasteiger partial charge < -0.3 is 5.32 Å². The second-order valence-electron chi connectivity index (χ2n) is 3.81. The van der Waals surface area contributed by atoms with Crippen molar-refractivity contribution in [2.45, 2.75) is 26.3 Å². The number of carbonyl (C=O) groups excluding carboxylic acids is 1. The second kappa shape index (κ2) is 3.68. The fraction of sp³-hybridized carbons (Fsp3) is 0.444. The highest BCUT2D eigenvalue weighted by Crippen LogP contribution is 2.21. The van der Waals surface area contributed by atoms with E-state index in [4.69, 9.17) is 11.6 Å². The summed E-state index contributed by atoms with van der Waals surface area (Å²) in [5.74, 6) is -0.0654. The van der Waals surface area contributed by atoms with Gasteiger partial charge in [-0.15, -0.1) is 11.3 Å². The number of thiophene rings is 1. The van der Waals surface area contributed by atoms with Crippen molar-refractivity contribution >= 4 is 28.8 Å². The molecule has 1 amide bonds. The molecule has 4 heteroatoms. The summed E-state index contributed by atoms with van der Waals surface area (Å²) in [6.45, 7) is 5.83. The van der Waals surface area contributed by atoms with Crippen LogP contribution >= 0.6 is 22.9 Å². The Morgan fingerprint density at radius 3 is 2.46 bits per heavy atom. The summed E-state index contributed by atoms with van der Waals surface area (Å²) in [6, 6.07) is 3.46. The molecule has 0 saturated carbocycles. The predicted molar refractivity (Wildman–Crippen MR) is 56.5 cm³/mol. The van der Waals surface area contributed by atoms with Crippen LogP contribution in [0.3, 0.4) is 0 Å². The summed E-state index contributed by atoms with van der Waals surface area (Å²) < 4.78 is 0.638. The van der Waals surface area contributed by atoms with Crippen LogP contribution in [0.25, 0.3) is 0 Å². The molecule has 1 aromatic rings. The van der Waals surface area contributed by atoms with Gasteiger partial charge in [0.2, 0.25) is 0 Å². The Labute approximate surface area is 86.9 Å². The molecule has 0 unspecified atom stereocenters. The lowest BCUT2D eigenvalue weighted by Gasteiger charge is -2.19. The molecule has 0 saturated heterocycles. The van der Waals surface area contributed by atoms with E-state index in [9.17, 15) is 4.79 Å². The van der Waals surface area contributed by atoms with E-state index in [2.05, 4.69) is 5.32 Å². The lowest BCUT2D eigenvalue weighted by atomic mass is 10.1. The van der Waals surface area contributed by atoms with Crippen molar-refractivity contribution in [1.82, 2.24) is 5.32 Å². The Bertz CT molecular complexity index is 314. The quantitative estimate of drug-likeness (QED) is 0.770. The van der Waals surface area contributed by atoms with E-state index >= 15 is 0 Å². The molecular weight excluding hydrogens is 206 g/mol. The van der Waals surface area contributed by atoms with E-state index in [0.717, 1.165) is 0 Å². The first-order valence-corrected chi connectivity index (χ1v) is 5.16. The highest BCUT2D eigenvalue weighted by atomic mass is 35.5. The Hall–Kier alpha value is -0.540. The molecule has 1 heterocycles. The van der Waals surface area contributed by atoms with Crippen molar-refractivity contribution in [1.29, 1.82) is 0 Å². The van der Waals surface area contributed by atoms with E-state index in [1.54, 1.807) is 12.1 Å². The number of carbonyl (C=O) groups is 1. The molecule has 0 fully saturated rings. The molecular formula is C9H12ClNOS. The molecule has 1 rings (SSSR count). The van der Waals surface area contributed by atoms with Crippen LogP contribution in [0.1, 0.15) is 30.4 Å². The molecule has 0 spiro atoms. The SMILES string of the molecule is CC(C)(C)NC(=O)c1ccc(Cl)s1.